The molecule has 0 radical (unpaired) electrons. The number of hydrogen-bond acceptors (Lipinski definition) is 1. The Bertz CT molecular complexity index is 3090. The van der Waals surface area contributed by atoms with Crippen LogP contribution in [0.2, 0.25) is 0 Å². The largest absolute Gasteiger partial charge is 0.455 e. The van der Waals surface area contributed by atoms with Crippen molar-refractivity contribution in [3.63, 3.8) is 0 Å². The zero-order valence-corrected chi connectivity index (χ0v) is 28.9. The van der Waals surface area contributed by atoms with Crippen LogP contribution in [0.25, 0.3) is 110 Å². The molecule has 11 rings (SSSR count). The summed E-state index contributed by atoms with van der Waals surface area (Å²) in [6, 6.07) is 70.3. The van der Waals surface area contributed by atoms with Gasteiger partial charge in [0.05, 0.1) is 0 Å². The molecule has 246 valence electrons. The van der Waals surface area contributed by atoms with E-state index < -0.39 is 0 Å². The van der Waals surface area contributed by atoms with E-state index in [1.807, 2.05) is 0 Å². The van der Waals surface area contributed by atoms with Crippen LogP contribution >= 0.6 is 0 Å². The summed E-state index contributed by atoms with van der Waals surface area (Å²) in [6.07, 6.45) is 0. The second-order valence-electron chi connectivity index (χ2n) is 13.9. The van der Waals surface area contributed by atoms with Crippen molar-refractivity contribution in [2.45, 2.75) is 0 Å². The fourth-order valence-corrected chi connectivity index (χ4v) is 8.84. The summed E-state index contributed by atoms with van der Waals surface area (Å²) in [4.78, 5) is 0. The lowest BCUT2D eigenvalue weighted by molar-refractivity contribution is 0.670. The summed E-state index contributed by atoms with van der Waals surface area (Å²) in [5, 5.41) is 12.1. The fourth-order valence-electron chi connectivity index (χ4n) is 8.84. The second kappa shape index (κ2) is 11.8. The summed E-state index contributed by atoms with van der Waals surface area (Å²) in [5.41, 5.74) is 11.5. The van der Waals surface area contributed by atoms with Crippen LogP contribution in [-0.4, -0.2) is 0 Å². The molecule has 1 heterocycles. The maximum atomic E-state index is 6.89. The smallest absolute Gasteiger partial charge is 0.143 e. The van der Waals surface area contributed by atoms with Gasteiger partial charge in [0.1, 0.15) is 11.2 Å². The van der Waals surface area contributed by atoms with Crippen molar-refractivity contribution in [1.29, 1.82) is 0 Å². The van der Waals surface area contributed by atoms with Crippen LogP contribution in [0.4, 0.5) is 0 Å². The fraction of sp³-hybridized carbons (Fsp3) is 0. The van der Waals surface area contributed by atoms with E-state index in [1.54, 1.807) is 0 Å². The van der Waals surface area contributed by atoms with Gasteiger partial charge in [-0.1, -0.05) is 182 Å². The Morgan fingerprint density at radius 1 is 0.245 bits per heavy atom. The van der Waals surface area contributed by atoms with Crippen molar-refractivity contribution in [1.82, 2.24) is 0 Å². The molecule has 0 aliphatic carbocycles. The minimum atomic E-state index is 0.889. The number of furan rings is 1. The molecule has 0 amide bonds. The Kier molecular flexibility index (Phi) is 6.62. The molecule has 1 heteroatoms. The first-order valence-corrected chi connectivity index (χ1v) is 18.3. The summed E-state index contributed by atoms with van der Waals surface area (Å²) in [7, 11) is 0. The Labute approximate surface area is 307 Å². The van der Waals surface area contributed by atoms with Gasteiger partial charge in [-0.25, -0.2) is 0 Å². The molecule has 10 aromatic carbocycles. The van der Waals surface area contributed by atoms with Crippen molar-refractivity contribution in [2.75, 3.05) is 0 Å². The SMILES string of the molecule is c1ccc(-c2c3ccccc3c(-c3ccc4oc5c(-c6c7ccccc7c(-c7ccccc7)c7ccccc67)cccc5c4c3)c3ccccc23)cc1. The molecular weight excluding hydrogens is 641 g/mol. The van der Waals surface area contributed by atoms with Gasteiger partial charge in [0.25, 0.3) is 0 Å². The first-order valence-electron chi connectivity index (χ1n) is 18.3. The van der Waals surface area contributed by atoms with Crippen LogP contribution in [0, 0.1) is 0 Å². The van der Waals surface area contributed by atoms with E-state index in [0.29, 0.717) is 0 Å². The number of fused-ring (bicyclic) bond motifs is 7. The van der Waals surface area contributed by atoms with Crippen molar-refractivity contribution < 1.29 is 4.42 Å². The molecule has 0 aliphatic heterocycles. The minimum absolute atomic E-state index is 0.889. The van der Waals surface area contributed by atoms with E-state index in [1.165, 1.54) is 82.0 Å². The van der Waals surface area contributed by atoms with E-state index in [0.717, 1.165) is 27.5 Å². The van der Waals surface area contributed by atoms with Crippen LogP contribution in [0.5, 0.6) is 0 Å². The summed E-state index contributed by atoms with van der Waals surface area (Å²) >= 11 is 0. The topological polar surface area (TPSA) is 13.1 Å². The molecule has 0 unspecified atom stereocenters. The van der Waals surface area contributed by atoms with Gasteiger partial charge in [-0.2, -0.15) is 0 Å². The molecule has 1 nitrogen and oxygen atoms in total. The number of rotatable bonds is 4. The molecule has 0 fully saturated rings. The molecule has 0 bridgehead atoms. The van der Waals surface area contributed by atoms with Gasteiger partial charge in [-0.15, -0.1) is 0 Å². The predicted octanol–water partition coefficient (Wildman–Crippen LogP) is 14.9. The van der Waals surface area contributed by atoms with E-state index in [-0.39, 0.29) is 0 Å². The number of benzene rings is 10. The Balaban J connectivity index is 1.18. The van der Waals surface area contributed by atoms with Gasteiger partial charge in [0.2, 0.25) is 0 Å². The summed E-state index contributed by atoms with van der Waals surface area (Å²) in [6.45, 7) is 0. The molecule has 0 N–H and O–H groups in total. The van der Waals surface area contributed by atoms with Crippen LogP contribution in [0.3, 0.4) is 0 Å². The van der Waals surface area contributed by atoms with E-state index in [2.05, 4.69) is 194 Å². The van der Waals surface area contributed by atoms with Crippen molar-refractivity contribution in [2.24, 2.45) is 0 Å². The lowest BCUT2D eigenvalue weighted by atomic mass is 9.85. The van der Waals surface area contributed by atoms with Crippen LogP contribution < -0.4 is 0 Å². The lowest BCUT2D eigenvalue weighted by Crippen LogP contribution is -1.91. The number of para-hydroxylation sites is 1. The van der Waals surface area contributed by atoms with Gasteiger partial charge in [-0.05, 0) is 88.6 Å². The molecule has 11 aromatic rings. The zero-order valence-electron chi connectivity index (χ0n) is 28.9. The monoisotopic (exact) mass is 672 g/mol. The van der Waals surface area contributed by atoms with Gasteiger partial charge in [-0.3, -0.25) is 0 Å². The average Bonchev–Trinajstić information content (AvgIpc) is 3.61. The second-order valence-corrected chi connectivity index (χ2v) is 13.9. The highest BCUT2D eigenvalue weighted by Gasteiger charge is 2.21. The predicted molar refractivity (Wildman–Crippen MR) is 225 cm³/mol. The summed E-state index contributed by atoms with van der Waals surface area (Å²) in [5.74, 6) is 0. The molecule has 0 saturated carbocycles. The molecule has 53 heavy (non-hydrogen) atoms. The maximum absolute atomic E-state index is 6.89. The highest BCUT2D eigenvalue weighted by atomic mass is 16.3. The third kappa shape index (κ3) is 4.51. The van der Waals surface area contributed by atoms with Crippen LogP contribution in [0.15, 0.2) is 199 Å². The Morgan fingerprint density at radius 2 is 0.623 bits per heavy atom. The first-order chi connectivity index (χ1) is 26.3. The lowest BCUT2D eigenvalue weighted by Gasteiger charge is -2.17. The third-order valence-corrected chi connectivity index (χ3v) is 11.0. The van der Waals surface area contributed by atoms with Crippen LogP contribution in [-0.2, 0) is 0 Å². The average molecular weight is 673 g/mol. The molecule has 0 atom stereocenters. The van der Waals surface area contributed by atoms with Gasteiger partial charge < -0.3 is 4.42 Å². The standard InChI is InChI=1S/C52H32O/c1-3-16-33(17-4-1)48-36-20-7-9-22-38(36)50(39-23-10-8-21-37(39)48)35-30-31-47-46(32-35)44-28-15-29-45(52(44)53-47)51-42-26-13-11-24-40(42)49(34-18-5-2-6-19-34)41-25-12-14-27-43(41)51/h1-32H. The number of hydrogen-bond donors (Lipinski definition) is 0. The Hall–Kier alpha value is -6.96. The summed E-state index contributed by atoms with van der Waals surface area (Å²) < 4.78 is 6.89. The zero-order chi connectivity index (χ0) is 34.9. The third-order valence-electron chi connectivity index (χ3n) is 11.0. The maximum Gasteiger partial charge on any atom is 0.143 e. The van der Waals surface area contributed by atoms with E-state index >= 15 is 0 Å². The van der Waals surface area contributed by atoms with Crippen molar-refractivity contribution >= 4 is 65.0 Å². The highest BCUT2D eigenvalue weighted by molar-refractivity contribution is 6.25. The van der Waals surface area contributed by atoms with Gasteiger partial charge >= 0.3 is 0 Å². The molecule has 0 aliphatic rings. The van der Waals surface area contributed by atoms with E-state index in [4.69, 9.17) is 4.42 Å². The minimum Gasteiger partial charge on any atom is -0.455 e. The Morgan fingerprint density at radius 3 is 1.08 bits per heavy atom. The molecular formula is C52H32O. The van der Waals surface area contributed by atoms with E-state index in [9.17, 15) is 0 Å². The highest BCUT2D eigenvalue weighted by Crippen LogP contribution is 2.48. The first kappa shape index (κ1) is 29.7. The normalized spacial score (nSPS) is 11.8. The molecule has 0 saturated heterocycles. The van der Waals surface area contributed by atoms with Gasteiger partial charge in [0, 0.05) is 21.9 Å². The van der Waals surface area contributed by atoms with Crippen LogP contribution in [0.1, 0.15) is 0 Å². The molecule has 1 aromatic heterocycles. The van der Waals surface area contributed by atoms with Crippen molar-refractivity contribution in [3.05, 3.63) is 194 Å². The van der Waals surface area contributed by atoms with Crippen molar-refractivity contribution in [3.8, 4) is 44.5 Å². The molecule has 0 spiro atoms. The quantitative estimate of drug-likeness (QED) is 0.170. The van der Waals surface area contributed by atoms with Gasteiger partial charge in [0.15, 0.2) is 0 Å².